The Bertz CT molecular complexity index is 935. The molecule has 0 fully saturated rings. The fourth-order valence-corrected chi connectivity index (χ4v) is 3.91. The van der Waals surface area contributed by atoms with Crippen LogP contribution >= 0.6 is 0 Å². The molecule has 0 aromatic heterocycles. The summed E-state index contributed by atoms with van der Waals surface area (Å²) in [6.45, 7) is 9.69. The van der Waals surface area contributed by atoms with Crippen LogP contribution in [-0.4, -0.2) is 27.1 Å². The summed E-state index contributed by atoms with van der Waals surface area (Å²) in [6.07, 6.45) is 1.11. The minimum Gasteiger partial charge on any atom is -0.348 e. The van der Waals surface area contributed by atoms with E-state index >= 15 is 0 Å². The minimum absolute atomic E-state index is 0.212. The maximum Gasteiger partial charge on any atom is 0.241 e. The van der Waals surface area contributed by atoms with Crippen LogP contribution in [0.15, 0.2) is 36.4 Å². The summed E-state index contributed by atoms with van der Waals surface area (Å²) in [5.74, 6) is -0.342. The molecule has 5 nitrogen and oxygen atoms in total. The third-order valence-electron chi connectivity index (χ3n) is 4.74. The van der Waals surface area contributed by atoms with Gasteiger partial charge in [0.1, 0.15) is 6.54 Å². The highest BCUT2D eigenvalue weighted by Gasteiger charge is 2.22. The van der Waals surface area contributed by atoms with Crippen molar-refractivity contribution in [1.82, 2.24) is 5.32 Å². The fraction of sp³-hybridized carbons (Fsp3) is 0.381. The number of aryl methyl sites for hydroxylation is 4. The molecule has 2 aromatic carbocycles. The molecule has 2 rings (SSSR count). The van der Waals surface area contributed by atoms with Crippen molar-refractivity contribution in [3.8, 4) is 0 Å². The van der Waals surface area contributed by atoms with Crippen molar-refractivity contribution in [3.05, 3.63) is 64.2 Å². The van der Waals surface area contributed by atoms with Crippen molar-refractivity contribution >= 4 is 21.6 Å². The second-order valence-electron chi connectivity index (χ2n) is 7.19. The molecule has 1 atom stereocenters. The monoisotopic (exact) mass is 388 g/mol. The summed E-state index contributed by atoms with van der Waals surface area (Å²) < 4.78 is 25.5. The Balaban J connectivity index is 2.19. The van der Waals surface area contributed by atoms with Gasteiger partial charge in [-0.15, -0.1) is 0 Å². The average molecular weight is 389 g/mol. The van der Waals surface area contributed by atoms with E-state index in [1.54, 1.807) is 12.1 Å². The molecule has 0 unspecified atom stereocenters. The molecular weight excluding hydrogens is 360 g/mol. The first-order valence-electron chi connectivity index (χ1n) is 8.90. The Kier molecular flexibility index (Phi) is 6.31. The Labute approximate surface area is 162 Å². The largest absolute Gasteiger partial charge is 0.348 e. The third kappa shape index (κ3) is 5.32. The molecule has 0 heterocycles. The van der Waals surface area contributed by atoms with Crippen LogP contribution in [-0.2, 0) is 14.8 Å². The van der Waals surface area contributed by atoms with Crippen LogP contribution in [0.1, 0.15) is 40.8 Å². The number of amides is 1. The van der Waals surface area contributed by atoms with E-state index in [1.165, 1.54) is 5.56 Å². The number of hydrogen-bond acceptors (Lipinski definition) is 3. The summed E-state index contributed by atoms with van der Waals surface area (Å²) in [5.41, 5.74) is 6.01. The molecule has 0 aliphatic heterocycles. The van der Waals surface area contributed by atoms with E-state index in [0.717, 1.165) is 32.8 Å². The van der Waals surface area contributed by atoms with Gasteiger partial charge in [0, 0.05) is 0 Å². The standard InChI is InChI=1S/C21H28N2O3S/c1-14-7-9-19(10-8-14)23(27(6,25)26)13-21(24)22-18(5)20-12-16(3)15(2)11-17(20)4/h7-12,18H,13H2,1-6H3,(H,22,24)/t18-/m0/s1. The van der Waals surface area contributed by atoms with Crippen molar-refractivity contribution in [2.24, 2.45) is 0 Å². The molecule has 0 aliphatic carbocycles. The van der Waals surface area contributed by atoms with E-state index in [9.17, 15) is 13.2 Å². The van der Waals surface area contributed by atoms with E-state index in [2.05, 4.69) is 24.4 Å². The molecule has 0 saturated heterocycles. The van der Waals surface area contributed by atoms with Crippen molar-refractivity contribution in [3.63, 3.8) is 0 Å². The first kappa shape index (κ1) is 21.0. The van der Waals surface area contributed by atoms with Gasteiger partial charge < -0.3 is 5.32 Å². The van der Waals surface area contributed by atoms with Gasteiger partial charge in [0.25, 0.3) is 0 Å². The van der Waals surface area contributed by atoms with Gasteiger partial charge in [-0.3, -0.25) is 9.10 Å². The van der Waals surface area contributed by atoms with Gasteiger partial charge in [-0.05, 0) is 69.0 Å². The second kappa shape index (κ2) is 8.13. The van der Waals surface area contributed by atoms with Crippen LogP contribution in [0.5, 0.6) is 0 Å². The quantitative estimate of drug-likeness (QED) is 0.823. The topological polar surface area (TPSA) is 66.5 Å². The van der Waals surface area contributed by atoms with Gasteiger partial charge >= 0.3 is 0 Å². The van der Waals surface area contributed by atoms with Crippen LogP contribution in [0.3, 0.4) is 0 Å². The zero-order valence-corrected chi connectivity index (χ0v) is 17.6. The van der Waals surface area contributed by atoms with Crippen molar-refractivity contribution < 1.29 is 13.2 Å². The van der Waals surface area contributed by atoms with Gasteiger partial charge in [-0.25, -0.2) is 8.42 Å². The Morgan fingerprint density at radius 2 is 1.56 bits per heavy atom. The molecule has 0 radical (unpaired) electrons. The number of nitrogens with one attached hydrogen (secondary N) is 1. The molecule has 1 amide bonds. The van der Waals surface area contributed by atoms with Gasteiger partial charge in [-0.1, -0.05) is 29.8 Å². The van der Waals surface area contributed by atoms with E-state index in [-0.39, 0.29) is 18.5 Å². The van der Waals surface area contributed by atoms with Gasteiger partial charge in [-0.2, -0.15) is 0 Å². The van der Waals surface area contributed by atoms with Crippen LogP contribution in [0, 0.1) is 27.7 Å². The molecule has 27 heavy (non-hydrogen) atoms. The van der Waals surface area contributed by atoms with E-state index in [0.29, 0.717) is 5.69 Å². The minimum atomic E-state index is -3.57. The highest BCUT2D eigenvalue weighted by atomic mass is 32.2. The molecule has 0 saturated carbocycles. The molecule has 0 bridgehead atoms. The number of hydrogen-bond donors (Lipinski definition) is 1. The van der Waals surface area contributed by atoms with E-state index in [4.69, 9.17) is 0 Å². The van der Waals surface area contributed by atoms with Crippen molar-refractivity contribution in [2.45, 2.75) is 40.7 Å². The number of carbonyl (C=O) groups excluding carboxylic acids is 1. The Morgan fingerprint density at radius 1 is 1.00 bits per heavy atom. The van der Waals surface area contributed by atoms with Crippen LogP contribution in [0.2, 0.25) is 0 Å². The molecule has 2 aromatic rings. The zero-order valence-electron chi connectivity index (χ0n) is 16.8. The zero-order chi connectivity index (χ0) is 20.4. The van der Waals surface area contributed by atoms with Gasteiger partial charge in [0.05, 0.1) is 18.0 Å². The lowest BCUT2D eigenvalue weighted by Gasteiger charge is -2.24. The number of sulfonamides is 1. The van der Waals surface area contributed by atoms with E-state index < -0.39 is 10.0 Å². The number of carbonyl (C=O) groups is 1. The van der Waals surface area contributed by atoms with Crippen molar-refractivity contribution in [2.75, 3.05) is 17.1 Å². The highest BCUT2D eigenvalue weighted by molar-refractivity contribution is 7.92. The lowest BCUT2D eigenvalue weighted by molar-refractivity contribution is -0.120. The van der Waals surface area contributed by atoms with Gasteiger partial charge in [0.2, 0.25) is 15.9 Å². The molecule has 0 aliphatic rings. The Morgan fingerprint density at radius 3 is 2.11 bits per heavy atom. The predicted octanol–water partition coefficient (Wildman–Crippen LogP) is 3.56. The smallest absolute Gasteiger partial charge is 0.241 e. The first-order chi connectivity index (χ1) is 12.5. The number of anilines is 1. The summed E-state index contributed by atoms with van der Waals surface area (Å²) in [7, 11) is -3.57. The molecule has 1 N–H and O–H groups in total. The predicted molar refractivity (Wildman–Crippen MR) is 111 cm³/mol. The molecule has 6 heteroatoms. The number of rotatable bonds is 6. The molecular formula is C21H28N2O3S. The van der Waals surface area contributed by atoms with Crippen molar-refractivity contribution in [1.29, 1.82) is 0 Å². The van der Waals surface area contributed by atoms with Crippen LogP contribution < -0.4 is 9.62 Å². The van der Waals surface area contributed by atoms with Crippen LogP contribution in [0.4, 0.5) is 5.69 Å². The van der Waals surface area contributed by atoms with Crippen LogP contribution in [0.25, 0.3) is 0 Å². The third-order valence-corrected chi connectivity index (χ3v) is 5.88. The highest BCUT2D eigenvalue weighted by Crippen LogP contribution is 2.22. The summed E-state index contributed by atoms with van der Waals surface area (Å²) in [6, 6.07) is 11.0. The second-order valence-corrected chi connectivity index (χ2v) is 9.09. The first-order valence-corrected chi connectivity index (χ1v) is 10.8. The lowest BCUT2D eigenvalue weighted by Crippen LogP contribution is -2.41. The SMILES string of the molecule is Cc1ccc(N(CC(=O)N[C@@H](C)c2cc(C)c(C)cc2C)S(C)(=O)=O)cc1. The lowest BCUT2D eigenvalue weighted by atomic mass is 9.96. The molecule has 0 spiro atoms. The number of benzene rings is 2. The van der Waals surface area contributed by atoms with Gasteiger partial charge in [0.15, 0.2) is 0 Å². The summed E-state index contributed by atoms with van der Waals surface area (Å²) in [4.78, 5) is 12.6. The Hall–Kier alpha value is -2.34. The maximum atomic E-state index is 12.6. The summed E-state index contributed by atoms with van der Waals surface area (Å²) in [5, 5.41) is 2.92. The normalized spacial score (nSPS) is 12.5. The maximum absolute atomic E-state index is 12.6. The fourth-order valence-electron chi connectivity index (χ4n) is 3.06. The summed E-state index contributed by atoms with van der Waals surface area (Å²) >= 11 is 0. The molecule has 146 valence electrons. The number of nitrogens with zero attached hydrogens (tertiary/aromatic N) is 1. The van der Waals surface area contributed by atoms with E-state index in [1.807, 2.05) is 39.8 Å². The average Bonchev–Trinajstić information content (AvgIpc) is 2.56.